The minimum atomic E-state index is -4.49. The van der Waals surface area contributed by atoms with E-state index in [4.69, 9.17) is 9.47 Å². The van der Waals surface area contributed by atoms with Gasteiger partial charge in [-0.3, -0.25) is 9.59 Å². The average Bonchev–Trinajstić information content (AvgIpc) is 3.41. The molecule has 0 saturated carbocycles. The van der Waals surface area contributed by atoms with E-state index < -0.39 is 35.8 Å². The van der Waals surface area contributed by atoms with E-state index in [0.29, 0.717) is 20.5 Å². The third-order valence-corrected chi connectivity index (χ3v) is 6.46. The summed E-state index contributed by atoms with van der Waals surface area (Å²) in [5.74, 6) is -1.41. The standard InChI is InChI=1S/C21H16F3N3O5S2/c1-2-31-19(29)8-32-18(28)6-14-12-9-33-10-13(12)20(30)27(26-14)7-17-25-15-5-11(21(22,23)24)3-4-16(15)34-17/h3-5,9-10H,2,6-8H2,1H3. The predicted molar refractivity (Wildman–Crippen MR) is 119 cm³/mol. The van der Waals surface area contributed by atoms with Crippen LogP contribution >= 0.6 is 22.7 Å². The second kappa shape index (κ2) is 9.50. The molecule has 3 heterocycles. The number of hydrogen-bond acceptors (Lipinski definition) is 9. The van der Waals surface area contributed by atoms with E-state index in [1.165, 1.54) is 17.4 Å². The molecule has 0 atom stereocenters. The molecule has 0 radical (unpaired) electrons. The van der Waals surface area contributed by atoms with Gasteiger partial charge in [0.15, 0.2) is 6.61 Å². The second-order valence-electron chi connectivity index (χ2n) is 7.04. The highest BCUT2D eigenvalue weighted by molar-refractivity contribution is 7.18. The minimum Gasteiger partial charge on any atom is -0.463 e. The Kier molecular flexibility index (Phi) is 6.66. The number of ether oxygens (including phenoxy) is 2. The summed E-state index contributed by atoms with van der Waals surface area (Å²) >= 11 is 2.40. The van der Waals surface area contributed by atoms with Crippen LogP contribution in [0.2, 0.25) is 0 Å². The maximum absolute atomic E-state index is 13.0. The van der Waals surface area contributed by atoms with E-state index in [2.05, 4.69) is 10.1 Å². The number of carbonyl (C=O) groups excluding carboxylic acids is 2. The molecule has 4 rings (SSSR count). The first-order valence-electron chi connectivity index (χ1n) is 9.89. The third kappa shape index (κ3) is 5.09. The van der Waals surface area contributed by atoms with Crippen LogP contribution in [0.15, 0.2) is 33.8 Å². The summed E-state index contributed by atoms with van der Waals surface area (Å²) in [7, 11) is 0. The van der Waals surface area contributed by atoms with Crippen LogP contribution < -0.4 is 5.56 Å². The van der Waals surface area contributed by atoms with Crippen molar-refractivity contribution < 1.29 is 32.2 Å². The van der Waals surface area contributed by atoms with Crippen LogP contribution in [0.1, 0.15) is 23.2 Å². The molecule has 4 aromatic rings. The zero-order valence-corrected chi connectivity index (χ0v) is 19.2. The Morgan fingerprint density at radius 1 is 1.12 bits per heavy atom. The van der Waals surface area contributed by atoms with Crippen molar-refractivity contribution in [2.45, 2.75) is 26.1 Å². The highest BCUT2D eigenvalue weighted by atomic mass is 32.1. The van der Waals surface area contributed by atoms with Crippen molar-refractivity contribution in [1.29, 1.82) is 0 Å². The molecule has 0 aliphatic heterocycles. The maximum atomic E-state index is 13.0. The van der Waals surface area contributed by atoms with Gasteiger partial charge in [0, 0.05) is 16.1 Å². The molecule has 0 aliphatic carbocycles. The number of rotatable bonds is 7. The largest absolute Gasteiger partial charge is 0.463 e. The molecule has 1 aromatic carbocycles. The first-order chi connectivity index (χ1) is 16.2. The molecular weight excluding hydrogens is 495 g/mol. The van der Waals surface area contributed by atoms with Gasteiger partial charge in [-0.2, -0.15) is 29.6 Å². The number of alkyl halides is 3. The Labute approximate surface area is 197 Å². The fourth-order valence-electron chi connectivity index (χ4n) is 3.18. The van der Waals surface area contributed by atoms with Crippen molar-refractivity contribution in [3.8, 4) is 0 Å². The van der Waals surface area contributed by atoms with Crippen molar-refractivity contribution in [2.24, 2.45) is 0 Å². The van der Waals surface area contributed by atoms with Crippen LogP contribution in [-0.4, -0.2) is 39.9 Å². The monoisotopic (exact) mass is 511 g/mol. The molecule has 8 nitrogen and oxygen atoms in total. The number of carbonyl (C=O) groups is 2. The van der Waals surface area contributed by atoms with Crippen molar-refractivity contribution in [3.05, 3.63) is 55.6 Å². The quantitative estimate of drug-likeness (QED) is 0.348. The lowest BCUT2D eigenvalue weighted by Gasteiger charge is -2.08. The normalized spacial score (nSPS) is 11.8. The van der Waals surface area contributed by atoms with Crippen LogP contribution in [0.3, 0.4) is 0 Å². The Morgan fingerprint density at radius 3 is 2.62 bits per heavy atom. The zero-order valence-electron chi connectivity index (χ0n) is 17.5. The van der Waals surface area contributed by atoms with Gasteiger partial charge in [-0.15, -0.1) is 11.3 Å². The SMILES string of the molecule is CCOC(=O)COC(=O)Cc1nn(Cc2nc3cc(C(F)(F)F)ccc3s2)c(=O)c2cscc12. The number of benzene rings is 1. The smallest absolute Gasteiger partial charge is 0.416 e. The Hall–Kier alpha value is -3.32. The minimum absolute atomic E-state index is 0.0871. The molecule has 0 aliphatic rings. The molecule has 0 N–H and O–H groups in total. The predicted octanol–water partition coefficient (Wildman–Crippen LogP) is 3.78. The van der Waals surface area contributed by atoms with Crippen LogP contribution in [-0.2, 0) is 38.2 Å². The molecule has 0 unspecified atom stereocenters. The van der Waals surface area contributed by atoms with Crippen LogP contribution in [0.5, 0.6) is 0 Å². The number of hydrogen-bond donors (Lipinski definition) is 0. The summed E-state index contributed by atoms with van der Waals surface area (Å²) in [6, 6.07) is 3.27. The molecule has 34 heavy (non-hydrogen) atoms. The van der Waals surface area contributed by atoms with Gasteiger partial charge in [0.25, 0.3) is 5.56 Å². The van der Waals surface area contributed by atoms with E-state index in [-0.39, 0.29) is 30.8 Å². The van der Waals surface area contributed by atoms with Gasteiger partial charge in [-0.25, -0.2) is 14.5 Å². The van der Waals surface area contributed by atoms with Gasteiger partial charge < -0.3 is 9.47 Å². The number of esters is 2. The molecule has 3 aromatic heterocycles. The Balaban J connectivity index is 1.61. The lowest BCUT2D eigenvalue weighted by Crippen LogP contribution is -2.26. The molecule has 178 valence electrons. The van der Waals surface area contributed by atoms with E-state index in [0.717, 1.165) is 28.2 Å². The molecule has 13 heteroatoms. The van der Waals surface area contributed by atoms with Gasteiger partial charge in [0.2, 0.25) is 0 Å². The van der Waals surface area contributed by atoms with Crippen LogP contribution in [0.25, 0.3) is 21.0 Å². The van der Waals surface area contributed by atoms with Crippen molar-refractivity contribution in [1.82, 2.24) is 14.8 Å². The fourth-order valence-corrected chi connectivity index (χ4v) is 4.95. The van der Waals surface area contributed by atoms with E-state index >= 15 is 0 Å². The summed E-state index contributed by atoms with van der Waals surface area (Å²) in [6.07, 6.45) is -4.78. The Morgan fingerprint density at radius 2 is 1.88 bits per heavy atom. The molecule has 0 saturated heterocycles. The highest BCUT2D eigenvalue weighted by Crippen LogP contribution is 2.33. The van der Waals surface area contributed by atoms with Gasteiger partial charge in [-0.1, -0.05) is 0 Å². The maximum Gasteiger partial charge on any atom is 0.416 e. The van der Waals surface area contributed by atoms with Crippen molar-refractivity contribution in [2.75, 3.05) is 13.2 Å². The summed E-state index contributed by atoms with van der Waals surface area (Å²) in [5.41, 5.74) is -0.794. The summed E-state index contributed by atoms with van der Waals surface area (Å²) in [5, 5.41) is 8.79. The number of thiophene rings is 1. The average molecular weight is 512 g/mol. The fraction of sp³-hybridized carbons (Fsp3) is 0.286. The lowest BCUT2D eigenvalue weighted by atomic mass is 10.2. The second-order valence-corrected chi connectivity index (χ2v) is 8.90. The number of thiazole rings is 1. The van der Waals surface area contributed by atoms with Crippen molar-refractivity contribution >= 4 is 55.6 Å². The molecule has 0 fully saturated rings. The van der Waals surface area contributed by atoms with Crippen LogP contribution in [0.4, 0.5) is 13.2 Å². The van der Waals surface area contributed by atoms with Crippen LogP contribution in [0, 0.1) is 0 Å². The number of nitrogens with zero attached hydrogens (tertiary/aromatic N) is 3. The van der Waals surface area contributed by atoms with Gasteiger partial charge >= 0.3 is 18.1 Å². The molecule has 0 bridgehead atoms. The first kappa shape index (κ1) is 23.8. The summed E-state index contributed by atoms with van der Waals surface area (Å²) < 4.78 is 50.2. The summed E-state index contributed by atoms with van der Waals surface area (Å²) in [4.78, 5) is 40.7. The molecule has 0 amide bonds. The molecule has 0 spiro atoms. The van der Waals surface area contributed by atoms with E-state index in [1.54, 1.807) is 17.7 Å². The lowest BCUT2D eigenvalue weighted by molar-refractivity contribution is -0.158. The Bertz CT molecular complexity index is 1440. The van der Waals surface area contributed by atoms with Gasteiger partial charge in [-0.05, 0) is 25.1 Å². The number of fused-ring (bicyclic) bond motifs is 2. The van der Waals surface area contributed by atoms with Gasteiger partial charge in [0.1, 0.15) is 5.01 Å². The first-order valence-corrected chi connectivity index (χ1v) is 11.7. The summed E-state index contributed by atoms with van der Waals surface area (Å²) in [6.45, 7) is 1.16. The van der Waals surface area contributed by atoms with Gasteiger partial charge in [0.05, 0.1) is 46.4 Å². The zero-order chi connectivity index (χ0) is 24.5. The number of aromatic nitrogens is 3. The number of halogens is 3. The highest BCUT2D eigenvalue weighted by Gasteiger charge is 2.30. The van der Waals surface area contributed by atoms with E-state index in [9.17, 15) is 27.6 Å². The molecular formula is C21H16F3N3O5S2. The van der Waals surface area contributed by atoms with E-state index in [1.807, 2.05) is 0 Å². The topological polar surface area (TPSA) is 100 Å². The van der Waals surface area contributed by atoms with Crippen molar-refractivity contribution in [3.63, 3.8) is 0 Å². The third-order valence-electron chi connectivity index (χ3n) is 4.69.